The lowest BCUT2D eigenvalue weighted by molar-refractivity contribution is 0.316. The quantitative estimate of drug-likeness (QED) is 0.881. The zero-order valence-electron chi connectivity index (χ0n) is 12.0. The maximum absolute atomic E-state index is 3.85. The minimum absolute atomic E-state index is 0.639. The molecule has 2 aromatic carbocycles. The van der Waals surface area contributed by atoms with E-state index in [1.54, 1.807) is 0 Å². The molecule has 1 heterocycles. The first-order chi connectivity index (χ1) is 9.90. The molecular formula is C19H23N. The van der Waals surface area contributed by atoms with Gasteiger partial charge in [-0.05, 0) is 36.8 Å². The predicted molar refractivity (Wildman–Crippen MR) is 84.9 cm³/mol. The van der Waals surface area contributed by atoms with E-state index in [1.807, 2.05) is 0 Å². The molecule has 104 valence electrons. The Labute approximate surface area is 122 Å². The Bertz CT molecular complexity index is 458. The van der Waals surface area contributed by atoms with E-state index in [0.717, 1.165) is 12.8 Å². The summed E-state index contributed by atoms with van der Waals surface area (Å²) in [6.45, 7) is 0. The van der Waals surface area contributed by atoms with Crippen molar-refractivity contribution in [3.63, 3.8) is 0 Å². The summed E-state index contributed by atoms with van der Waals surface area (Å²) < 4.78 is 0. The standard InChI is InChI=1S/C19H23N/c1-3-8-16(9-4-1)14-18-12-7-13-19(20-18)15-17-10-5-2-6-11-17/h1-6,8-11,18-20H,7,12-15H2/t18-,19-/m0/s1. The fourth-order valence-electron chi connectivity index (χ4n) is 3.23. The molecule has 0 radical (unpaired) electrons. The molecule has 1 aliphatic rings. The molecular weight excluding hydrogens is 242 g/mol. The second-order valence-electron chi connectivity index (χ2n) is 5.87. The van der Waals surface area contributed by atoms with Crippen LogP contribution in [0.2, 0.25) is 0 Å². The van der Waals surface area contributed by atoms with Gasteiger partial charge in [-0.3, -0.25) is 0 Å². The van der Waals surface area contributed by atoms with Crippen LogP contribution in [0.4, 0.5) is 0 Å². The first-order valence-electron chi connectivity index (χ1n) is 7.74. The van der Waals surface area contributed by atoms with Crippen molar-refractivity contribution in [2.24, 2.45) is 0 Å². The van der Waals surface area contributed by atoms with E-state index >= 15 is 0 Å². The van der Waals surface area contributed by atoms with Crippen molar-refractivity contribution in [1.82, 2.24) is 5.32 Å². The van der Waals surface area contributed by atoms with Gasteiger partial charge in [0.25, 0.3) is 0 Å². The van der Waals surface area contributed by atoms with Crippen molar-refractivity contribution < 1.29 is 0 Å². The third-order valence-corrected chi connectivity index (χ3v) is 4.23. The zero-order valence-corrected chi connectivity index (χ0v) is 12.0. The molecule has 2 aromatic rings. The van der Waals surface area contributed by atoms with Gasteiger partial charge < -0.3 is 5.32 Å². The van der Waals surface area contributed by atoms with Crippen LogP contribution >= 0.6 is 0 Å². The number of hydrogen-bond donors (Lipinski definition) is 1. The molecule has 1 saturated heterocycles. The molecule has 1 N–H and O–H groups in total. The van der Waals surface area contributed by atoms with E-state index in [0.29, 0.717) is 12.1 Å². The largest absolute Gasteiger partial charge is 0.311 e. The molecule has 20 heavy (non-hydrogen) atoms. The summed E-state index contributed by atoms with van der Waals surface area (Å²) in [7, 11) is 0. The second-order valence-corrected chi connectivity index (χ2v) is 5.87. The lowest BCUT2D eigenvalue weighted by Crippen LogP contribution is -2.44. The Morgan fingerprint density at radius 1 is 0.700 bits per heavy atom. The van der Waals surface area contributed by atoms with Gasteiger partial charge in [0.2, 0.25) is 0 Å². The lowest BCUT2D eigenvalue weighted by atomic mass is 9.91. The van der Waals surface area contributed by atoms with Crippen molar-refractivity contribution in [3.05, 3.63) is 71.8 Å². The average Bonchev–Trinajstić information content (AvgIpc) is 2.50. The van der Waals surface area contributed by atoms with E-state index in [-0.39, 0.29) is 0 Å². The van der Waals surface area contributed by atoms with Crippen molar-refractivity contribution in [1.29, 1.82) is 0 Å². The Morgan fingerprint density at radius 3 is 1.60 bits per heavy atom. The molecule has 3 rings (SSSR count). The number of hydrogen-bond acceptors (Lipinski definition) is 1. The molecule has 1 aliphatic heterocycles. The first kappa shape index (κ1) is 13.4. The summed E-state index contributed by atoms with van der Waals surface area (Å²) in [6, 6.07) is 23.0. The maximum atomic E-state index is 3.85. The normalized spacial score (nSPS) is 22.6. The Morgan fingerprint density at radius 2 is 1.15 bits per heavy atom. The van der Waals surface area contributed by atoms with Crippen LogP contribution in [0.15, 0.2) is 60.7 Å². The van der Waals surface area contributed by atoms with Gasteiger partial charge in [0.05, 0.1) is 0 Å². The van der Waals surface area contributed by atoms with Crippen molar-refractivity contribution in [2.45, 2.75) is 44.2 Å². The number of benzene rings is 2. The highest BCUT2D eigenvalue weighted by Gasteiger charge is 2.21. The van der Waals surface area contributed by atoms with E-state index in [1.165, 1.54) is 30.4 Å². The molecule has 0 aliphatic carbocycles. The monoisotopic (exact) mass is 265 g/mol. The van der Waals surface area contributed by atoms with Crippen molar-refractivity contribution in [3.8, 4) is 0 Å². The molecule has 1 nitrogen and oxygen atoms in total. The number of nitrogens with one attached hydrogen (secondary N) is 1. The summed E-state index contributed by atoms with van der Waals surface area (Å²) in [5.41, 5.74) is 2.90. The fourth-order valence-corrected chi connectivity index (χ4v) is 3.23. The highest BCUT2D eigenvalue weighted by Crippen LogP contribution is 2.19. The molecule has 2 atom stereocenters. The minimum atomic E-state index is 0.639. The van der Waals surface area contributed by atoms with Gasteiger partial charge in [0.15, 0.2) is 0 Å². The summed E-state index contributed by atoms with van der Waals surface area (Å²) in [4.78, 5) is 0. The smallest absolute Gasteiger partial charge is 0.0110 e. The molecule has 0 bridgehead atoms. The first-order valence-corrected chi connectivity index (χ1v) is 7.74. The average molecular weight is 265 g/mol. The van der Waals surface area contributed by atoms with E-state index in [9.17, 15) is 0 Å². The van der Waals surface area contributed by atoms with E-state index < -0.39 is 0 Å². The Balaban J connectivity index is 1.57. The third-order valence-electron chi connectivity index (χ3n) is 4.23. The van der Waals surface area contributed by atoms with Gasteiger partial charge in [-0.15, -0.1) is 0 Å². The van der Waals surface area contributed by atoms with Gasteiger partial charge in [-0.2, -0.15) is 0 Å². The van der Waals surface area contributed by atoms with Gasteiger partial charge >= 0.3 is 0 Å². The Kier molecular flexibility index (Phi) is 4.49. The predicted octanol–water partition coefficient (Wildman–Crippen LogP) is 3.98. The molecule has 0 unspecified atom stereocenters. The highest BCUT2D eigenvalue weighted by atomic mass is 15.0. The lowest BCUT2D eigenvalue weighted by Gasteiger charge is -2.31. The third kappa shape index (κ3) is 3.71. The molecule has 0 amide bonds. The van der Waals surface area contributed by atoms with Crippen LogP contribution in [-0.4, -0.2) is 12.1 Å². The summed E-state index contributed by atoms with van der Waals surface area (Å²) in [6.07, 6.45) is 6.28. The van der Waals surface area contributed by atoms with Crippen LogP contribution in [-0.2, 0) is 12.8 Å². The summed E-state index contributed by atoms with van der Waals surface area (Å²) >= 11 is 0. The zero-order chi connectivity index (χ0) is 13.6. The molecule has 0 spiro atoms. The molecule has 1 heteroatoms. The SMILES string of the molecule is c1ccc(C[C@@H]2CCC[C@@H](Cc3ccccc3)N2)cc1. The highest BCUT2D eigenvalue weighted by molar-refractivity contribution is 5.18. The maximum Gasteiger partial charge on any atom is 0.0110 e. The van der Waals surface area contributed by atoms with Crippen LogP contribution in [0.3, 0.4) is 0 Å². The van der Waals surface area contributed by atoms with Crippen LogP contribution in [0.5, 0.6) is 0 Å². The molecule has 0 aromatic heterocycles. The van der Waals surface area contributed by atoms with Gasteiger partial charge in [0.1, 0.15) is 0 Å². The summed E-state index contributed by atoms with van der Waals surface area (Å²) in [5.74, 6) is 0. The topological polar surface area (TPSA) is 12.0 Å². The van der Waals surface area contributed by atoms with Crippen LogP contribution in [0.25, 0.3) is 0 Å². The number of piperidine rings is 1. The van der Waals surface area contributed by atoms with Crippen LogP contribution in [0.1, 0.15) is 30.4 Å². The summed E-state index contributed by atoms with van der Waals surface area (Å²) in [5, 5.41) is 3.85. The van der Waals surface area contributed by atoms with E-state index in [4.69, 9.17) is 0 Å². The van der Waals surface area contributed by atoms with Gasteiger partial charge in [-0.25, -0.2) is 0 Å². The fraction of sp³-hybridized carbons (Fsp3) is 0.368. The number of rotatable bonds is 4. The molecule has 0 saturated carbocycles. The van der Waals surface area contributed by atoms with Crippen LogP contribution < -0.4 is 5.32 Å². The second kappa shape index (κ2) is 6.71. The van der Waals surface area contributed by atoms with E-state index in [2.05, 4.69) is 66.0 Å². The van der Waals surface area contributed by atoms with Gasteiger partial charge in [-0.1, -0.05) is 67.1 Å². The minimum Gasteiger partial charge on any atom is -0.311 e. The van der Waals surface area contributed by atoms with Crippen LogP contribution in [0, 0.1) is 0 Å². The van der Waals surface area contributed by atoms with Crippen molar-refractivity contribution in [2.75, 3.05) is 0 Å². The van der Waals surface area contributed by atoms with Crippen molar-refractivity contribution >= 4 is 0 Å². The Hall–Kier alpha value is -1.60. The van der Waals surface area contributed by atoms with Gasteiger partial charge in [0, 0.05) is 12.1 Å². The molecule has 1 fully saturated rings.